The summed E-state index contributed by atoms with van der Waals surface area (Å²) in [6, 6.07) is 10.8. The molecule has 3 nitrogen and oxygen atoms in total. The summed E-state index contributed by atoms with van der Waals surface area (Å²) in [7, 11) is 0. The number of carbonyl (C=O) groups excluding carboxylic acids is 1. The number of pyridine rings is 1. The molecule has 0 bridgehead atoms. The zero-order valence-corrected chi connectivity index (χ0v) is 14.4. The predicted octanol–water partition coefficient (Wildman–Crippen LogP) is 3.68. The Morgan fingerprint density at radius 3 is 1.96 bits per heavy atom. The van der Waals surface area contributed by atoms with E-state index in [9.17, 15) is 4.79 Å². The summed E-state index contributed by atoms with van der Waals surface area (Å²) in [5.41, 5.74) is 8.22. The maximum absolute atomic E-state index is 11.2. The molecule has 124 valence electrons. The molecule has 1 N–H and O–H groups in total. The number of hydrogen-bond donors (Lipinski definition) is 1. The number of rotatable bonds is 2. The molecule has 1 aromatic carbocycles. The fraction of sp³-hybridized carbons (Fsp3) is 0.429. The van der Waals surface area contributed by atoms with Crippen LogP contribution in [0.2, 0.25) is 0 Å². The quantitative estimate of drug-likeness (QED) is 0.841. The Morgan fingerprint density at radius 1 is 0.875 bits per heavy atom. The van der Waals surface area contributed by atoms with Crippen molar-refractivity contribution in [2.75, 3.05) is 5.32 Å². The number of benzene rings is 1. The maximum Gasteiger partial charge on any atom is 0.221 e. The van der Waals surface area contributed by atoms with Crippen LogP contribution in [0.15, 0.2) is 30.3 Å². The minimum absolute atomic E-state index is 0.0233. The monoisotopic (exact) mass is 321 g/mol. The fourth-order valence-corrected chi connectivity index (χ4v) is 4.23. The van der Waals surface area contributed by atoms with Crippen molar-refractivity contribution >= 4 is 11.6 Å². The first-order chi connectivity index (χ1) is 11.7. The number of aryl methyl sites for hydroxylation is 2. The molecule has 0 fully saturated rings. The Morgan fingerprint density at radius 2 is 1.42 bits per heavy atom. The highest BCUT2D eigenvalue weighted by atomic mass is 16.1. The van der Waals surface area contributed by atoms with Crippen LogP contribution in [0.5, 0.6) is 0 Å². The van der Waals surface area contributed by atoms with E-state index in [1.54, 1.807) is 18.1 Å². The van der Waals surface area contributed by atoms with E-state index in [-0.39, 0.29) is 5.91 Å². The minimum Gasteiger partial charge on any atom is -0.326 e. The van der Waals surface area contributed by atoms with Crippen LogP contribution in [0.1, 0.15) is 55.1 Å². The Balaban J connectivity index is 1.82. The normalized spacial score (nSPS) is 16.2. The molecular formula is C21H25N2O+. The lowest BCUT2D eigenvalue weighted by atomic mass is 9.88. The standard InChI is InChI=1S/C21H24N2O/c1-15(24)22-18-10-12-19(13-11-18)23-20-8-4-2-6-16(20)14-17-7-3-5-9-21(17)23/h10-14H,2-9H2,1H3/p+1. The highest BCUT2D eigenvalue weighted by Gasteiger charge is 2.29. The largest absolute Gasteiger partial charge is 0.326 e. The summed E-state index contributed by atoms with van der Waals surface area (Å²) >= 11 is 0. The number of nitrogens with one attached hydrogen (secondary N) is 1. The van der Waals surface area contributed by atoms with Gasteiger partial charge in [0.1, 0.15) is 0 Å². The van der Waals surface area contributed by atoms with Crippen molar-refractivity contribution in [2.24, 2.45) is 0 Å². The van der Waals surface area contributed by atoms with Crippen molar-refractivity contribution in [1.29, 1.82) is 0 Å². The van der Waals surface area contributed by atoms with Crippen LogP contribution in [-0.2, 0) is 30.5 Å². The lowest BCUT2D eigenvalue weighted by Gasteiger charge is -2.21. The number of amides is 1. The molecule has 0 unspecified atom stereocenters. The van der Waals surface area contributed by atoms with Gasteiger partial charge in [-0.05, 0) is 56.7 Å². The van der Waals surface area contributed by atoms with Crippen molar-refractivity contribution in [3.63, 3.8) is 0 Å². The van der Waals surface area contributed by atoms with Gasteiger partial charge < -0.3 is 5.32 Å². The average molecular weight is 321 g/mol. The van der Waals surface area contributed by atoms with E-state index in [0.717, 1.165) is 5.69 Å². The Bertz CT molecular complexity index is 743. The number of anilines is 1. The second kappa shape index (κ2) is 6.39. The molecule has 1 aromatic heterocycles. The first-order valence-electron chi connectivity index (χ1n) is 9.19. The Labute approximate surface area is 143 Å². The Hall–Kier alpha value is -2.16. The van der Waals surface area contributed by atoms with Crippen molar-refractivity contribution in [2.45, 2.75) is 58.3 Å². The Kier molecular flexibility index (Phi) is 4.09. The fourth-order valence-electron chi connectivity index (χ4n) is 4.23. The van der Waals surface area contributed by atoms with Crippen LogP contribution in [0.3, 0.4) is 0 Å². The summed E-state index contributed by atoms with van der Waals surface area (Å²) < 4.78 is 2.53. The highest BCUT2D eigenvalue weighted by Crippen LogP contribution is 2.27. The van der Waals surface area contributed by atoms with Gasteiger partial charge in [-0.1, -0.05) is 0 Å². The molecule has 24 heavy (non-hydrogen) atoms. The topological polar surface area (TPSA) is 33.0 Å². The number of nitrogens with zero attached hydrogens (tertiary/aromatic N) is 1. The van der Waals surface area contributed by atoms with Gasteiger partial charge in [-0.25, -0.2) is 0 Å². The molecule has 1 amide bonds. The summed E-state index contributed by atoms with van der Waals surface area (Å²) in [6.07, 6.45) is 9.98. The SMILES string of the molecule is CC(=O)Nc1ccc(-[n+]2c3c(cc4c2CCCC4)CCCC3)cc1. The third-order valence-electron chi connectivity index (χ3n) is 5.29. The van der Waals surface area contributed by atoms with Gasteiger partial charge in [-0.2, -0.15) is 4.57 Å². The molecule has 2 aliphatic rings. The molecule has 3 heteroatoms. The van der Waals surface area contributed by atoms with E-state index in [0.29, 0.717) is 0 Å². The van der Waals surface area contributed by atoms with Gasteiger partial charge in [0.25, 0.3) is 0 Å². The second-order valence-corrected chi connectivity index (χ2v) is 7.07. The van der Waals surface area contributed by atoms with Gasteiger partial charge in [0.05, 0.1) is 0 Å². The van der Waals surface area contributed by atoms with Crippen LogP contribution < -0.4 is 9.88 Å². The van der Waals surface area contributed by atoms with Gasteiger partial charge >= 0.3 is 0 Å². The van der Waals surface area contributed by atoms with E-state index >= 15 is 0 Å². The van der Waals surface area contributed by atoms with Crippen LogP contribution >= 0.6 is 0 Å². The van der Waals surface area contributed by atoms with Crippen molar-refractivity contribution in [1.82, 2.24) is 0 Å². The predicted molar refractivity (Wildman–Crippen MR) is 95.6 cm³/mol. The second-order valence-electron chi connectivity index (χ2n) is 7.07. The molecule has 2 aromatic rings. The molecule has 0 saturated heterocycles. The number of carbonyl (C=O) groups is 1. The third-order valence-corrected chi connectivity index (χ3v) is 5.29. The zero-order valence-electron chi connectivity index (χ0n) is 14.4. The van der Waals surface area contributed by atoms with Crippen molar-refractivity contribution < 1.29 is 9.36 Å². The highest BCUT2D eigenvalue weighted by molar-refractivity contribution is 5.88. The first-order valence-corrected chi connectivity index (χ1v) is 9.19. The lowest BCUT2D eigenvalue weighted by Crippen LogP contribution is -2.44. The first kappa shape index (κ1) is 15.4. The van der Waals surface area contributed by atoms with Gasteiger partial charge in [0, 0.05) is 48.7 Å². The summed E-state index contributed by atoms with van der Waals surface area (Å²) in [4.78, 5) is 11.2. The average Bonchev–Trinajstić information content (AvgIpc) is 2.60. The van der Waals surface area contributed by atoms with Gasteiger partial charge in [-0.15, -0.1) is 0 Å². The van der Waals surface area contributed by atoms with E-state index in [2.05, 4.69) is 28.1 Å². The van der Waals surface area contributed by atoms with Crippen LogP contribution in [-0.4, -0.2) is 5.91 Å². The minimum atomic E-state index is -0.0233. The molecule has 4 rings (SSSR count). The van der Waals surface area contributed by atoms with E-state index in [1.807, 2.05) is 12.1 Å². The molecular weight excluding hydrogens is 296 g/mol. The molecule has 0 radical (unpaired) electrons. The van der Waals surface area contributed by atoms with Gasteiger partial charge in [0.15, 0.2) is 11.4 Å². The zero-order chi connectivity index (χ0) is 16.5. The van der Waals surface area contributed by atoms with Crippen molar-refractivity contribution in [3.05, 3.63) is 52.8 Å². The smallest absolute Gasteiger partial charge is 0.221 e. The molecule has 0 saturated carbocycles. The molecule has 0 aliphatic heterocycles. The molecule has 1 heterocycles. The molecule has 2 aliphatic carbocycles. The summed E-state index contributed by atoms with van der Waals surface area (Å²) in [6.45, 7) is 1.55. The van der Waals surface area contributed by atoms with E-state index in [4.69, 9.17) is 0 Å². The number of fused-ring (bicyclic) bond motifs is 2. The van der Waals surface area contributed by atoms with E-state index < -0.39 is 0 Å². The third kappa shape index (κ3) is 2.83. The molecule has 0 atom stereocenters. The van der Waals surface area contributed by atoms with Gasteiger partial charge in [0.2, 0.25) is 11.6 Å². The molecule has 0 spiro atoms. The maximum atomic E-state index is 11.2. The van der Waals surface area contributed by atoms with Crippen molar-refractivity contribution in [3.8, 4) is 5.69 Å². The van der Waals surface area contributed by atoms with Crippen LogP contribution in [0, 0.1) is 0 Å². The summed E-state index contributed by atoms with van der Waals surface area (Å²) in [5.74, 6) is -0.0233. The summed E-state index contributed by atoms with van der Waals surface area (Å²) in [5, 5.41) is 2.86. The van der Waals surface area contributed by atoms with E-state index in [1.165, 1.54) is 68.4 Å². The number of hydrogen-bond acceptors (Lipinski definition) is 1. The van der Waals surface area contributed by atoms with Crippen LogP contribution in [0.25, 0.3) is 5.69 Å². The number of aromatic nitrogens is 1. The van der Waals surface area contributed by atoms with Gasteiger partial charge in [-0.3, -0.25) is 4.79 Å². The lowest BCUT2D eigenvalue weighted by molar-refractivity contribution is -0.614. The van der Waals surface area contributed by atoms with Crippen LogP contribution in [0.4, 0.5) is 5.69 Å².